The van der Waals surface area contributed by atoms with Gasteiger partial charge in [-0.25, -0.2) is 0 Å². The van der Waals surface area contributed by atoms with Crippen LogP contribution in [0.15, 0.2) is 21.1 Å². The van der Waals surface area contributed by atoms with Gasteiger partial charge in [0.2, 0.25) is 0 Å². The maximum absolute atomic E-state index is 9.46. The van der Waals surface area contributed by atoms with E-state index in [9.17, 15) is 5.11 Å². The maximum Gasteiger partial charge on any atom is 0.143 e. The summed E-state index contributed by atoms with van der Waals surface area (Å²) in [6, 6.07) is 3.29. The first-order valence-electron chi connectivity index (χ1n) is 4.10. The van der Waals surface area contributed by atoms with E-state index in [4.69, 9.17) is 10.8 Å². The summed E-state index contributed by atoms with van der Waals surface area (Å²) < 4.78 is 1.19. The lowest BCUT2D eigenvalue weighted by Gasteiger charge is -2.12. The van der Waals surface area contributed by atoms with Gasteiger partial charge in [-0.2, -0.15) is 0 Å². The van der Waals surface area contributed by atoms with E-state index >= 15 is 0 Å². The van der Waals surface area contributed by atoms with Gasteiger partial charge in [0, 0.05) is 12.6 Å². The van der Waals surface area contributed by atoms with Crippen LogP contribution in [-0.4, -0.2) is 16.8 Å². The standard InChI is InChI=1S/C9H11Br2NO2/c10-6-3-5(8(12)1-2-13)4-7(11)9(6)14/h3-4,8,13-14H,1-2,12H2/t8-/m1/s1. The molecule has 14 heavy (non-hydrogen) atoms. The van der Waals surface area contributed by atoms with Crippen LogP contribution in [-0.2, 0) is 0 Å². The first-order chi connectivity index (χ1) is 6.56. The van der Waals surface area contributed by atoms with E-state index in [0.717, 1.165) is 5.56 Å². The zero-order chi connectivity index (χ0) is 10.7. The van der Waals surface area contributed by atoms with Crippen molar-refractivity contribution >= 4 is 31.9 Å². The number of aliphatic hydroxyl groups excluding tert-OH is 1. The monoisotopic (exact) mass is 323 g/mol. The van der Waals surface area contributed by atoms with Crippen LogP contribution in [0.1, 0.15) is 18.0 Å². The molecular formula is C9H11Br2NO2. The van der Waals surface area contributed by atoms with Crippen LogP contribution in [0, 0.1) is 0 Å². The second-order valence-electron chi connectivity index (χ2n) is 2.95. The van der Waals surface area contributed by atoms with Crippen LogP contribution in [0.25, 0.3) is 0 Å². The van der Waals surface area contributed by atoms with Crippen molar-refractivity contribution in [1.29, 1.82) is 0 Å². The quantitative estimate of drug-likeness (QED) is 0.799. The second kappa shape index (κ2) is 5.11. The largest absolute Gasteiger partial charge is 0.506 e. The number of aliphatic hydroxyl groups is 1. The molecule has 0 aromatic heterocycles. The Morgan fingerprint density at radius 1 is 1.29 bits per heavy atom. The third-order valence-electron chi connectivity index (χ3n) is 1.91. The van der Waals surface area contributed by atoms with E-state index < -0.39 is 0 Å². The topological polar surface area (TPSA) is 66.5 Å². The van der Waals surface area contributed by atoms with E-state index in [2.05, 4.69) is 31.9 Å². The molecule has 1 rings (SSSR count). The molecule has 0 heterocycles. The highest BCUT2D eigenvalue weighted by Gasteiger charge is 2.10. The fraction of sp³-hybridized carbons (Fsp3) is 0.333. The van der Waals surface area contributed by atoms with Gasteiger partial charge >= 0.3 is 0 Å². The van der Waals surface area contributed by atoms with Crippen LogP contribution in [0.2, 0.25) is 0 Å². The SMILES string of the molecule is N[C@H](CCO)c1cc(Br)c(O)c(Br)c1. The van der Waals surface area contributed by atoms with Gasteiger partial charge in [-0.1, -0.05) is 0 Å². The Morgan fingerprint density at radius 3 is 2.21 bits per heavy atom. The highest BCUT2D eigenvalue weighted by atomic mass is 79.9. The third-order valence-corrected chi connectivity index (χ3v) is 3.12. The molecule has 0 aliphatic carbocycles. The van der Waals surface area contributed by atoms with Crippen LogP contribution >= 0.6 is 31.9 Å². The molecule has 1 aromatic rings. The van der Waals surface area contributed by atoms with Crippen molar-refractivity contribution in [1.82, 2.24) is 0 Å². The van der Waals surface area contributed by atoms with Crippen molar-refractivity contribution in [2.75, 3.05) is 6.61 Å². The predicted molar refractivity (Wildman–Crippen MR) is 62.1 cm³/mol. The van der Waals surface area contributed by atoms with Gasteiger partial charge in [-0.15, -0.1) is 0 Å². The van der Waals surface area contributed by atoms with E-state index in [-0.39, 0.29) is 18.4 Å². The fourth-order valence-electron chi connectivity index (χ4n) is 1.10. The Morgan fingerprint density at radius 2 is 1.79 bits per heavy atom. The molecule has 0 radical (unpaired) electrons. The van der Waals surface area contributed by atoms with E-state index in [1.807, 2.05) is 0 Å². The Hall–Kier alpha value is -0.100. The minimum atomic E-state index is -0.215. The molecule has 5 heteroatoms. The predicted octanol–water partition coefficient (Wildman–Crippen LogP) is 2.30. The van der Waals surface area contributed by atoms with Gasteiger partial charge < -0.3 is 15.9 Å². The zero-order valence-corrected chi connectivity index (χ0v) is 10.5. The summed E-state index contributed by atoms with van der Waals surface area (Å²) in [5.41, 5.74) is 6.68. The zero-order valence-electron chi connectivity index (χ0n) is 7.37. The number of nitrogens with two attached hydrogens (primary N) is 1. The number of hydrogen-bond donors (Lipinski definition) is 3. The summed E-state index contributed by atoms with van der Waals surface area (Å²) in [6.45, 7) is 0.0529. The molecule has 3 nitrogen and oxygen atoms in total. The average Bonchev–Trinajstić information content (AvgIpc) is 2.13. The molecule has 78 valence electrons. The van der Waals surface area contributed by atoms with Crippen LogP contribution in [0.3, 0.4) is 0 Å². The molecule has 0 aliphatic rings. The summed E-state index contributed by atoms with van der Waals surface area (Å²) in [4.78, 5) is 0. The molecule has 1 atom stereocenters. The molecule has 0 aliphatic heterocycles. The summed E-state index contributed by atoms with van der Waals surface area (Å²) in [7, 11) is 0. The average molecular weight is 325 g/mol. The number of phenols is 1. The van der Waals surface area contributed by atoms with Crippen molar-refractivity contribution in [3.05, 3.63) is 26.6 Å². The molecule has 0 bridgehead atoms. The van der Waals surface area contributed by atoms with Gasteiger partial charge in [-0.05, 0) is 56.0 Å². The van der Waals surface area contributed by atoms with E-state index in [0.29, 0.717) is 15.4 Å². The Balaban J connectivity index is 3.00. The normalized spacial score (nSPS) is 12.9. The first kappa shape index (κ1) is 12.0. The van der Waals surface area contributed by atoms with Crippen LogP contribution in [0.4, 0.5) is 0 Å². The van der Waals surface area contributed by atoms with Gasteiger partial charge in [0.1, 0.15) is 5.75 Å². The van der Waals surface area contributed by atoms with Gasteiger partial charge in [0.25, 0.3) is 0 Å². The van der Waals surface area contributed by atoms with Crippen molar-refractivity contribution in [2.45, 2.75) is 12.5 Å². The van der Waals surface area contributed by atoms with Gasteiger partial charge in [0.15, 0.2) is 0 Å². The number of rotatable bonds is 3. The Labute approximate surface area is 99.2 Å². The lowest BCUT2D eigenvalue weighted by atomic mass is 10.1. The third kappa shape index (κ3) is 2.70. The highest BCUT2D eigenvalue weighted by Crippen LogP contribution is 2.35. The lowest BCUT2D eigenvalue weighted by Crippen LogP contribution is -2.11. The molecule has 0 saturated carbocycles. The van der Waals surface area contributed by atoms with Crippen molar-refractivity contribution in [3.8, 4) is 5.75 Å². The minimum absolute atomic E-state index is 0.0529. The van der Waals surface area contributed by atoms with Crippen LogP contribution in [0.5, 0.6) is 5.75 Å². The summed E-state index contributed by atoms with van der Waals surface area (Å²) in [6.07, 6.45) is 0.504. The van der Waals surface area contributed by atoms with Gasteiger partial charge in [0.05, 0.1) is 8.95 Å². The second-order valence-corrected chi connectivity index (χ2v) is 4.66. The highest BCUT2D eigenvalue weighted by molar-refractivity contribution is 9.11. The molecule has 0 unspecified atom stereocenters. The number of hydrogen-bond acceptors (Lipinski definition) is 3. The van der Waals surface area contributed by atoms with Crippen LogP contribution < -0.4 is 5.73 Å². The van der Waals surface area contributed by atoms with Crippen molar-refractivity contribution in [2.24, 2.45) is 5.73 Å². The molecule has 0 fully saturated rings. The lowest BCUT2D eigenvalue weighted by molar-refractivity contribution is 0.276. The van der Waals surface area contributed by atoms with Gasteiger partial charge in [-0.3, -0.25) is 0 Å². The molecule has 1 aromatic carbocycles. The smallest absolute Gasteiger partial charge is 0.143 e. The number of aromatic hydroxyl groups is 1. The number of phenolic OH excluding ortho intramolecular Hbond substituents is 1. The molecule has 0 amide bonds. The molecule has 4 N–H and O–H groups in total. The van der Waals surface area contributed by atoms with Crippen molar-refractivity contribution < 1.29 is 10.2 Å². The molecule has 0 spiro atoms. The number of halogens is 2. The fourth-order valence-corrected chi connectivity index (χ4v) is 2.33. The summed E-state index contributed by atoms with van der Waals surface area (Å²) in [5.74, 6) is 0.157. The van der Waals surface area contributed by atoms with E-state index in [1.54, 1.807) is 12.1 Å². The molecular weight excluding hydrogens is 314 g/mol. The number of benzene rings is 1. The summed E-state index contributed by atoms with van der Waals surface area (Å²) in [5, 5.41) is 18.2. The maximum atomic E-state index is 9.46. The summed E-state index contributed by atoms with van der Waals surface area (Å²) >= 11 is 6.44. The Bertz CT molecular complexity index is 308. The minimum Gasteiger partial charge on any atom is -0.506 e. The van der Waals surface area contributed by atoms with E-state index in [1.165, 1.54) is 0 Å². The molecule has 0 saturated heterocycles. The Kier molecular flexibility index (Phi) is 4.37. The first-order valence-corrected chi connectivity index (χ1v) is 5.69. The van der Waals surface area contributed by atoms with Crippen molar-refractivity contribution in [3.63, 3.8) is 0 Å².